The average Bonchev–Trinajstić information content (AvgIpc) is 3.22. The van der Waals surface area contributed by atoms with Gasteiger partial charge in [0.15, 0.2) is 5.82 Å². The highest BCUT2D eigenvalue weighted by Crippen LogP contribution is 2.36. The van der Waals surface area contributed by atoms with Gasteiger partial charge in [-0.25, -0.2) is 9.97 Å². The van der Waals surface area contributed by atoms with E-state index in [4.69, 9.17) is 14.0 Å². The maximum absolute atomic E-state index is 6.16. The quantitative estimate of drug-likeness (QED) is 0.826. The summed E-state index contributed by atoms with van der Waals surface area (Å²) in [6.45, 7) is 3.60. The number of nitrogens with zero attached hydrogens (tertiary/aromatic N) is 5. The zero-order chi connectivity index (χ0) is 15.8. The minimum absolute atomic E-state index is 0.159. The van der Waals surface area contributed by atoms with Crippen molar-refractivity contribution in [3.8, 4) is 5.88 Å². The second-order valence-corrected chi connectivity index (χ2v) is 6.06. The Balaban J connectivity index is 1.38. The van der Waals surface area contributed by atoms with Crippen LogP contribution in [0.15, 0.2) is 16.9 Å². The molecule has 8 nitrogen and oxygen atoms in total. The number of anilines is 1. The highest BCUT2D eigenvalue weighted by atomic mass is 16.5. The van der Waals surface area contributed by atoms with Gasteiger partial charge in [0.25, 0.3) is 0 Å². The minimum atomic E-state index is 0.159. The molecule has 2 aliphatic heterocycles. The lowest BCUT2D eigenvalue weighted by Gasteiger charge is -2.19. The maximum Gasteiger partial charge on any atom is 0.229 e. The van der Waals surface area contributed by atoms with Crippen molar-refractivity contribution in [2.75, 3.05) is 25.1 Å². The monoisotopic (exact) mass is 317 g/mol. The highest BCUT2D eigenvalue weighted by molar-refractivity contribution is 5.42. The molecule has 3 atom stereocenters. The predicted molar refractivity (Wildman–Crippen MR) is 80.3 cm³/mol. The zero-order valence-corrected chi connectivity index (χ0v) is 13.2. The molecule has 23 heavy (non-hydrogen) atoms. The van der Waals surface area contributed by atoms with Gasteiger partial charge in [-0.3, -0.25) is 0 Å². The molecule has 0 amide bonds. The van der Waals surface area contributed by atoms with Crippen LogP contribution in [0.4, 0.5) is 5.82 Å². The summed E-state index contributed by atoms with van der Waals surface area (Å²) in [5.41, 5.74) is 0. The van der Waals surface area contributed by atoms with Gasteiger partial charge < -0.3 is 18.9 Å². The molecule has 8 heteroatoms. The van der Waals surface area contributed by atoms with Crippen LogP contribution in [0.25, 0.3) is 0 Å². The Labute approximate surface area is 133 Å². The van der Waals surface area contributed by atoms with Crippen LogP contribution >= 0.6 is 0 Å². The molecule has 0 unspecified atom stereocenters. The van der Waals surface area contributed by atoms with Crippen molar-refractivity contribution in [1.82, 2.24) is 20.1 Å². The van der Waals surface area contributed by atoms with Crippen molar-refractivity contribution < 1.29 is 14.0 Å². The summed E-state index contributed by atoms with van der Waals surface area (Å²) in [7, 11) is 1.61. The molecule has 0 bridgehead atoms. The van der Waals surface area contributed by atoms with E-state index in [0.717, 1.165) is 25.3 Å². The number of hydrogen-bond donors (Lipinski definition) is 0. The summed E-state index contributed by atoms with van der Waals surface area (Å²) in [4.78, 5) is 14.9. The standard InChI is InChI=1S/C15H19N5O3/c1-9-18-15(23-19-9)4-11-3-10-6-20(7-12(10)22-11)13-5-14(21-2)17-8-16-13/h5,8,10-12H,3-4,6-7H2,1-2H3/t10-,11-,12+/m0/s1. The lowest BCUT2D eigenvalue weighted by atomic mass is 10.0. The molecule has 0 N–H and O–H groups in total. The van der Waals surface area contributed by atoms with Crippen LogP contribution in [0.3, 0.4) is 0 Å². The van der Waals surface area contributed by atoms with Crippen LogP contribution in [0.2, 0.25) is 0 Å². The first kappa shape index (κ1) is 14.4. The summed E-state index contributed by atoms with van der Waals surface area (Å²) < 4.78 is 16.5. The Morgan fingerprint density at radius 2 is 2.26 bits per heavy atom. The molecule has 0 radical (unpaired) electrons. The average molecular weight is 317 g/mol. The van der Waals surface area contributed by atoms with Gasteiger partial charge in [0.1, 0.15) is 12.1 Å². The molecular weight excluding hydrogens is 298 g/mol. The summed E-state index contributed by atoms with van der Waals surface area (Å²) >= 11 is 0. The van der Waals surface area contributed by atoms with Crippen molar-refractivity contribution in [2.24, 2.45) is 5.92 Å². The Kier molecular flexibility index (Phi) is 3.60. The second-order valence-electron chi connectivity index (χ2n) is 6.06. The molecule has 122 valence electrons. The molecule has 2 aromatic rings. The molecule has 0 saturated carbocycles. The Morgan fingerprint density at radius 3 is 3.00 bits per heavy atom. The topological polar surface area (TPSA) is 86.4 Å². The summed E-state index contributed by atoms with van der Waals surface area (Å²) in [5, 5.41) is 3.82. The number of methoxy groups -OCH3 is 1. The number of rotatable bonds is 4. The van der Waals surface area contributed by atoms with Crippen LogP contribution < -0.4 is 9.64 Å². The van der Waals surface area contributed by atoms with E-state index >= 15 is 0 Å². The molecule has 0 spiro atoms. The van der Waals surface area contributed by atoms with Gasteiger partial charge in [0.2, 0.25) is 11.8 Å². The van der Waals surface area contributed by atoms with Crippen LogP contribution in [0.5, 0.6) is 5.88 Å². The number of ether oxygens (including phenoxy) is 2. The van der Waals surface area contributed by atoms with E-state index in [1.807, 2.05) is 13.0 Å². The van der Waals surface area contributed by atoms with Gasteiger partial charge in [-0.15, -0.1) is 0 Å². The smallest absolute Gasteiger partial charge is 0.229 e. The Morgan fingerprint density at radius 1 is 1.35 bits per heavy atom. The number of fused-ring (bicyclic) bond motifs is 1. The summed E-state index contributed by atoms with van der Waals surface area (Å²) in [5.74, 6) is 3.30. The van der Waals surface area contributed by atoms with E-state index in [1.165, 1.54) is 6.33 Å². The first-order valence-electron chi connectivity index (χ1n) is 7.77. The third-order valence-electron chi connectivity index (χ3n) is 4.45. The number of hydrogen-bond acceptors (Lipinski definition) is 8. The van der Waals surface area contributed by atoms with E-state index in [9.17, 15) is 0 Å². The SMILES string of the molecule is COc1cc(N2C[C@@H]3C[C@@H](Cc4nc(C)no4)O[C@@H]3C2)ncn1. The minimum Gasteiger partial charge on any atom is -0.481 e. The van der Waals surface area contributed by atoms with E-state index < -0.39 is 0 Å². The first-order valence-corrected chi connectivity index (χ1v) is 7.77. The van der Waals surface area contributed by atoms with Crippen LogP contribution in [-0.4, -0.2) is 52.5 Å². The van der Waals surface area contributed by atoms with E-state index in [2.05, 4.69) is 25.0 Å². The lowest BCUT2D eigenvalue weighted by Crippen LogP contribution is -2.26. The van der Waals surface area contributed by atoms with Crippen molar-refractivity contribution in [1.29, 1.82) is 0 Å². The largest absolute Gasteiger partial charge is 0.481 e. The Hall–Kier alpha value is -2.22. The molecular formula is C15H19N5O3. The fourth-order valence-corrected chi connectivity index (χ4v) is 3.41. The van der Waals surface area contributed by atoms with E-state index in [-0.39, 0.29) is 12.2 Å². The highest BCUT2D eigenvalue weighted by Gasteiger charge is 2.42. The van der Waals surface area contributed by atoms with Crippen molar-refractivity contribution in [2.45, 2.75) is 32.0 Å². The second kappa shape index (κ2) is 5.77. The molecule has 2 aromatic heterocycles. The van der Waals surface area contributed by atoms with E-state index in [1.54, 1.807) is 7.11 Å². The lowest BCUT2D eigenvalue weighted by molar-refractivity contribution is 0.0456. The number of aryl methyl sites for hydroxylation is 1. The van der Waals surface area contributed by atoms with Crippen molar-refractivity contribution >= 4 is 5.82 Å². The Bertz CT molecular complexity index is 677. The molecule has 0 aromatic carbocycles. The fourth-order valence-electron chi connectivity index (χ4n) is 3.41. The predicted octanol–water partition coefficient (Wildman–Crippen LogP) is 1.01. The van der Waals surface area contributed by atoms with Gasteiger partial charge in [-0.1, -0.05) is 5.16 Å². The summed E-state index contributed by atoms with van der Waals surface area (Å²) in [6, 6.07) is 1.86. The third-order valence-corrected chi connectivity index (χ3v) is 4.45. The molecule has 4 rings (SSSR count). The fraction of sp³-hybridized carbons (Fsp3) is 0.600. The van der Waals surface area contributed by atoms with Crippen molar-refractivity contribution in [3.05, 3.63) is 24.1 Å². The maximum atomic E-state index is 6.16. The third kappa shape index (κ3) is 2.86. The van der Waals surface area contributed by atoms with Crippen LogP contribution in [-0.2, 0) is 11.2 Å². The molecule has 2 aliphatic rings. The van der Waals surface area contributed by atoms with Crippen LogP contribution in [0, 0.1) is 12.8 Å². The number of aromatic nitrogens is 4. The molecule has 4 heterocycles. The first-order chi connectivity index (χ1) is 11.2. The molecule has 0 aliphatic carbocycles. The van der Waals surface area contributed by atoms with Crippen molar-refractivity contribution in [3.63, 3.8) is 0 Å². The normalized spacial score (nSPS) is 26.5. The molecule has 2 saturated heterocycles. The van der Waals surface area contributed by atoms with Gasteiger partial charge in [0.05, 0.1) is 25.7 Å². The summed E-state index contributed by atoms with van der Waals surface area (Å²) in [6.07, 6.45) is 3.61. The zero-order valence-electron chi connectivity index (χ0n) is 13.2. The van der Waals surface area contributed by atoms with Crippen LogP contribution in [0.1, 0.15) is 18.1 Å². The van der Waals surface area contributed by atoms with Gasteiger partial charge >= 0.3 is 0 Å². The van der Waals surface area contributed by atoms with Gasteiger partial charge in [-0.05, 0) is 13.3 Å². The van der Waals surface area contributed by atoms with Gasteiger partial charge in [0, 0.05) is 25.1 Å². The van der Waals surface area contributed by atoms with E-state index in [0.29, 0.717) is 29.9 Å². The van der Waals surface area contributed by atoms with Gasteiger partial charge in [-0.2, -0.15) is 4.98 Å². The molecule has 2 fully saturated rings.